The third kappa shape index (κ3) is 6.88. The molecule has 2 rings (SSSR count). The maximum atomic E-state index is 12.2. The number of hydrogen-bond acceptors (Lipinski definition) is 7. The Morgan fingerprint density at radius 3 is 2.32 bits per heavy atom. The van der Waals surface area contributed by atoms with E-state index in [-0.39, 0.29) is 53.9 Å². The summed E-state index contributed by atoms with van der Waals surface area (Å²) < 4.78 is 23.1. The van der Waals surface area contributed by atoms with Crippen LogP contribution in [0.2, 0.25) is 0 Å². The molecule has 0 fully saturated rings. The van der Waals surface area contributed by atoms with Crippen LogP contribution in [0.3, 0.4) is 0 Å². The van der Waals surface area contributed by atoms with Crippen molar-refractivity contribution < 1.29 is 22.9 Å². The van der Waals surface area contributed by atoms with Gasteiger partial charge in [-0.1, -0.05) is 12.1 Å². The van der Waals surface area contributed by atoms with Crippen LogP contribution in [0.25, 0.3) is 0 Å². The number of hydrogen-bond donors (Lipinski definition) is 2. The van der Waals surface area contributed by atoms with E-state index in [9.17, 15) is 28.1 Å². The first-order chi connectivity index (χ1) is 14.5. The first-order valence-electron chi connectivity index (χ1n) is 9.58. The lowest BCUT2D eigenvalue weighted by Crippen LogP contribution is -2.29. The lowest BCUT2D eigenvalue weighted by molar-refractivity contribution is -0.384. The molecule has 0 aromatic heterocycles. The molecule has 0 saturated heterocycles. The molecule has 1 amide bonds. The number of Topliss-reactive ketones (excluding diaryl/α,β-unsaturated/α-hetero) is 1. The van der Waals surface area contributed by atoms with Gasteiger partial charge in [0.1, 0.15) is 5.69 Å². The normalized spacial score (nSPS) is 11.1. The number of nitrogens with one attached hydrogen (secondary N) is 2. The minimum Gasteiger partial charge on any atom is -0.378 e. The van der Waals surface area contributed by atoms with Gasteiger partial charge in [-0.3, -0.25) is 19.7 Å². The quantitative estimate of drug-likeness (QED) is 0.247. The van der Waals surface area contributed by atoms with E-state index in [2.05, 4.69) is 10.6 Å². The van der Waals surface area contributed by atoms with Gasteiger partial charge in [-0.05, 0) is 43.2 Å². The van der Waals surface area contributed by atoms with Crippen molar-refractivity contribution >= 4 is 32.9 Å². The molecule has 2 aromatic carbocycles. The summed E-state index contributed by atoms with van der Waals surface area (Å²) in [6.07, 6.45) is 1.09. The molecule has 2 N–H and O–H groups in total. The summed E-state index contributed by atoms with van der Waals surface area (Å²) in [6, 6.07) is 9.01. The van der Waals surface area contributed by atoms with Crippen LogP contribution in [-0.2, 0) is 14.6 Å². The molecule has 0 spiro atoms. The summed E-state index contributed by atoms with van der Waals surface area (Å²) in [5.41, 5.74) is 2.46. The van der Waals surface area contributed by atoms with E-state index in [1.54, 1.807) is 12.1 Å². The van der Waals surface area contributed by atoms with Crippen LogP contribution >= 0.6 is 0 Å². The predicted molar refractivity (Wildman–Crippen MR) is 117 cm³/mol. The molecule has 10 heteroatoms. The minimum absolute atomic E-state index is 0.0367. The van der Waals surface area contributed by atoms with Gasteiger partial charge in [-0.2, -0.15) is 0 Å². The number of rotatable bonds is 10. The number of nitro groups is 1. The number of nitrogens with zero attached hydrogens (tertiary/aromatic N) is 1. The van der Waals surface area contributed by atoms with Crippen molar-refractivity contribution in [3.8, 4) is 0 Å². The number of ketones is 1. The Balaban J connectivity index is 1.83. The lowest BCUT2D eigenvalue weighted by Gasteiger charge is -2.09. The highest BCUT2D eigenvalue weighted by atomic mass is 32.2. The molecule has 9 nitrogen and oxygen atoms in total. The molecule has 0 saturated carbocycles. The Labute approximate surface area is 180 Å². The molecular formula is C21H25N3O6S. The van der Waals surface area contributed by atoms with Crippen molar-refractivity contribution in [3.63, 3.8) is 0 Å². The number of nitro benzene ring substituents is 1. The third-order valence-electron chi connectivity index (χ3n) is 4.76. The highest BCUT2D eigenvalue weighted by molar-refractivity contribution is 7.90. The smallest absolute Gasteiger partial charge is 0.293 e. The Morgan fingerprint density at radius 1 is 1.00 bits per heavy atom. The number of benzene rings is 2. The average molecular weight is 448 g/mol. The highest BCUT2D eigenvalue weighted by Crippen LogP contribution is 2.27. The van der Waals surface area contributed by atoms with Gasteiger partial charge in [0.2, 0.25) is 5.91 Å². The maximum absolute atomic E-state index is 12.2. The summed E-state index contributed by atoms with van der Waals surface area (Å²) in [6.45, 7) is 4.25. The fourth-order valence-corrected chi connectivity index (χ4v) is 3.46. The Bertz CT molecular complexity index is 1110. The summed E-state index contributed by atoms with van der Waals surface area (Å²) in [5, 5.41) is 16.7. The summed E-state index contributed by atoms with van der Waals surface area (Å²) in [4.78, 5) is 34.6. The van der Waals surface area contributed by atoms with Gasteiger partial charge < -0.3 is 10.6 Å². The number of anilines is 1. The van der Waals surface area contributed by atoms with Crippen molar-refractivity contribution in [2.75, 3.05) is 24.7 Å². The van der Waals surface area contributed by atoms with E-state index in [0.717, 1.165) is 23.4 Å². The zero-order chi connectivity index (χ0) is 23.2. The molecule has 0 unspecified atom stereocenters. The molecule has 0 atom stereocenters. The van der Waals surface area contributed by atoms with E-state index in [0.29, 0.717) is 5.56 Å². The lowest BCUT2D eigenvalue weighted by atomic mass is 10.0. The van der Waals surface area contributed by atoms with E-state index >= 15 is 0 Å². The van der Waals surface area contributed by atoms with Crippen molar-refractivity contribution in [1.82, 2.24) is 5.32 Å². The van der Waals surface area contributed by atoms with Crippen LogP contribution < -0.4 is 10.6 Å². The van der Waals surface area contributed by atoms with Crippen LogP contribution in [0.4, 0.5) is 11.4 Å². The van der Waals surface area contributed by atoms with Gasteiger partial charge in [0.25, 0.3) is 5.69 Å². The maximum Gasteiger partial charge on any atom is 0.293 e. The first-order valence-corrected chi connectivity index (χ1v) is 11.5. The molecule has 0 bridgehead atoms. The number of carbonyl (C=O) groups is 2. The Kier molecular flexibility index (Phi) is 7.87. The van der Waals surface area contributed by atoms with Gasteiger partial charge in [0, 0.05) is 43.8 Å². The zero-order valence-corrected chi connectivity index (χ0v) is 18.4. The van der Waals surface area contributed by atoms with Crippen molar-refractivity contribution in [2.24, 2.45) is 0 Å². The first kappa shape index (κ1) is 24.0. The third-order valence-corrected chi connectivity index (χ3v) is 5.87. The number of sulfone groups is 1. The second-order valence-corrected chi connectivity index (χ2v) is 9.22. The second kappa shape index (κ2) is 10.2. The van der Waals surface area contributed by atoms with Gasteiger partial charge in [-0.15, -0.1) is 0 Å². The fourth-order valence-electron chi connectivity index (χ4n) is 2.82. The molecule has 2 aromatic rings. The SMILES string of the molecule is Cc1ccc(C(=O)CCC(=O)NCCNc2ccc(S(C)(=O)=O)cc2[N+](=O)[O-])cc1C. The molecule has 166 valence electrons. The molecule has 31 heavy (non-hydrogen) atoms. The van der Waals surface area contributed by atoms with E-state index in [4.69, 9.17) is 0 Å². The second-order valence-electron chi connectivity index (χ2n) is 7.21. The molecule has 0 aliphatic heterocycles. The van der Waals surface area contributed by atoms with Gasteiger partial charge in [0.15, 0.2) is 15.6 Å². The van der Waals surface area contributed by atoms with Crippen molar-refractivity contribution in [3.05, 3.63) is 63.2 Å². The summed E-state index contributed by atoms with van der Waals surface area (Å²) in [5.74, 6) is -0.418. The van der Waals surface area contributed by atoms with Crippen LogP contribution in [-0.4, -0.2) is 44.4 Å². The van der Waals surface area contributed by atoms with E-state index in [1.807, 2.05) is 19.9 Å². The monoisotopic (exact) mass is 447 g/mol. The fraction of sp³-hybridized carbons (Fsp3) is 0.333. The Morgan fingerprint density at radius 2 is 1.71 bits per heavy atom. The predicted octanol–water partition coefficient (Wildman–Crippen LogP) is 2.81. The molecule has 0 radical (unpaired) electrons. The molecule has 0 aliphatic carbocycles. The molecular weight excluding hydrogens is 422 g/mol. The number of aryl methyl sites for hydroxylation is 2. The van der Waals surface area contributed by atoms with Crippen LogP contribution in [0, 0.1) is 24.0 Å². The number of amides is 1. The standard InChI is InChI=1S/C21H25N3O6S/c1-14-4-5-16(12-15(14)2)20(25)8-9-21(26)23-11-10-22-18-7-6-17(31(3,29)30)13-19(18)24(27)28/h4-7,12-13,22H,8-11H2,1-3H3,(H,23,26). The largest absolute Gasteiger partial charge is 0.378 e. The van der Waals surface area contributed by atoms with Gasteiger partial charge >= 0.3 is 0 Å². The molecule has 0 heterocycles. The van der Waals surface area contributed by atoms with Crippen LogP contribution in [0.15, 0.2) is 41.3 Å². The minimum atomic E-state index is -3.57. The summed E-state index contributed by atoms with van der Waals surface area (Å²) >= 11 is 0. The Hall–Kier alpha value is -3.27. The zero-order valence-electron chi connectivity index (χ0n) is 17.6. The van der Waals surface area contributed by atoms with Gasteiger partial charge in [0.05, 0.1) is 9.82 Å². The van der Waals surface area contributed by atoms with E-state index < -0.39 is 14.8 Å². The van der Waals surface area contributed by atoms with E-state index in [1.165, 1.54) is 12.1 Å². The highest BCUT2D eigenvalue weighted by Gasteiger charge is 2.18. The van der Waals surface area contributed by atoms with Crippen molar-refractivity contribution in [1.29, 1.82) is 0 Å². The number of carbonyl (C=O) groups excluding carboxylic acids is 2. The van der Waals surface area contributed by atoms with Gasteiger partial charge in [-0.25, -0.2) is 8.42 Å². The average Bonchev–Trinajstić information content (AvgIpc) is 2.70. The van der Waals surface area contributed by atoms with Crippen LogP contribution in [0.1, 0.15) is 34.3 Å². The summed E-state index contributed by atoms with van der Waals surface area (Å²) in [7, 11) is -3.57. The van der Waals surface area contributed by atoms with Crippen LogP contribution in [0.5, 0.6) is 0 Å². The topological polar surface area (TPSA) is 135 Å². The van der Waals surface area contributed by atoms with Crippen molar-refractivity contribution in [2.45, 2.75) is 31.6 Å². The molecule has 0 aliphatic rings.